The molecule has 1 aliphatic carbocycles. The van der Waals surface area contributed by atoms with Crippen molar-refractivity contribution in [3.8, 4) is 0 Å². The van der Waals surface area contributed by atoms with E-state index >= 15 is 0 Å². The monoisotopic (exact) mass is 350 g/mol. The molecule has 0 amide bonds. The number of carboxylic acid groups (broad SMARTS) is 2. The molecule has 0 spiro atoms. The van der Waals surface area contributed by atoms with E-state index in [0.717, 1.165) is 57.8 Å². The SMILES string of the molecule is CCCCC1C=CC(/C=C/CCCCCCCC(=O)O)CC1C(=O)O. The van der Waals surface area contributed by atoms with E-state index in [1.807, 2.05) is 0 Å². The van der Waals surface area contributed by atoms with Crippen LogP contribution in [0.25, 0.3) is 0 Å². The van der Waals surface area contributed by atoms with Gasteiger partial charge in [-0.3, -0.25) is 9.59 Å². The number of carboxylic acids is 2. The summed E-state index contributed by atoms with van der Waals surface area (Å²) in [4.78, 5) is 21.9. The molecule has 3 unspecified atom stereocenters. The predicted molar refractivity (Wildman–Crippen MR) is 100 cm³/mol. The first-order chi connectivity index (χ1) is 12.0. The van der Waals surface area contributed by atoms with Gasteiger partial charge in [0, 0.05) is 6.42 Å². The van der Waals surface area contributed by atoms with Gasteiger partial charge < -0.3 is 10.2 Å². The average molecular weight is 350 g/mol. The lowest BCUT2D eigenvalue weighted by Crippen LogP contribution is -2.27. The van der Waals surface area contributed by atoms with E-state index in [2.05, 4.69) is 31.2 Å². The third kappa shape index (κ3) is 9.47. The van der Waals surface area contributed by atoms with Crippen LogP contribution in [0, 0.1) is 17.8 Å². The van der Waals surface area contributed by atoms with Crippen LogP contribution in [-0.2, 0) is 9.59 Å². The van der Waals surface area contributed by atoms with E-state index in [1.54, 1.807) is 0 Å². The molecule has 142 valence electrons. The Labute approximate surface area is 152 Å². The van der Waals surface area contributed by atoms with Crippen molar-refractivity contribution in [1.29, 1.82) is 0 Å². The van der Waals surface area contributed by atoms with Gasteiger partial charge in [0.1, 0.15) is 0 Å². The Kier molecular flexibility index (Phi) is 10.9. The van der Waals surface area contributed by atoms with Gasteiger partial charge >= 0.3 is 11.9 Å². The molecule has 0 radical (unpaired) electrons. The van der Waals surface area contributed by atoms with Crippen LogP contribution in [0.1, 0.15) is 77.6 Å². The van der Waals surface area contributed by atoms with Crippen molar-refractivity contribution in [3.63, 3.8) is 0 Å². The summed E-state index contributed by atoms with van der Waals surface area (Å²) in [5.41, 5.74) is 0. The molecule has 0 saturated heterocycles. The summed E-state index contributed by atoms with van der Waals surface area (Å²) in [6.07, 6.45) is 18.9. The molecule has 25 heavy (non-hydrogen) atoms. The number of allylic oxidation sites excluding steroid dienone is 4. The van der Waals surface area contributed by atoms with Crippen molar-refractivity contribution in [2.24, 2.45) is 17.8 Å². The van der Waals surface area contributed by atoms with Crippen molar-refractivity contribution < 1.29 is 19.8 Å². The molecule has 1 rings (SSSR count). The fourth-order valence-electron chi connectivity index (χ4n) is 3.47. The smallest absolute Gasteiger partial charge is 0.307 e. The number of aliphatic carboxylic acids is 2. The third-order valence-electron chi connectivity index (χ3n) is 5.00. The molecule has 0 heterocycles. The maximum Gasteiger partial charge on any atom is 0.307 e. The number of rotatable bonds is 13. The second-order valence-electron chi connectivity index (χ2n) is 7.16. The number of hydrogen-bond acceptors (Lipinski definition) is 2. The largest absolute Gasteiger partial charge is 0.481 e. The van der Waals surface area contributed by atoms with Crippen LogP contribution in [0.5, 0.6) is 0 Å². The lowest BCUT2D eigenvalue weighted by Gasteiger charge is -2.27. The average Bonchev–Trinajstić information content (AvgIpc) is 2.58. The highest BCUT2D eigenvalue weighted by molar-refractivity contribution is 5.71. The van der Waals surface area contributed by atoms with Gasteiger partial charge in [0.05, 0.1) is 5.92 Å². The molecular formula is C21H34O4. The molecule has 0 aromatic rings. The van der Waals surface area contributed by atoms with Crippen LogP contribution in [0.15, 0.2) is 24.3 Å². The van der Waals surface area contributed by atoms with Gasteiger partial charge in [-0.15, -0.1) is 0 Å². The molecule has 0 fully saturated rings. The third-order valence-corrected chi connectivity index (χ3v) is 5.00. The van der Waals surface area contributed by atoms with Crippen LogP contribution >= 0.6 is 0 Å². The zero-order valence-corrected chi connectivity index (χ0v) is 15.5. The molecule has 0 aromatic carbocycles. The van der Waals surface area contributed by atoms with Crippen molar-refractivity contribution in [2.45, 2.75) is 77.6 Å². The lowest BCUT2D eigenvalue weighted by atomic mass is 9.76. The van der Waals surface area contributed by atoms with E-state index < -0.39 is 11.9 Å². The normalized spacial score (nSPS) is 23.2. The van der Waals surface area contributed by atoms with E-state index in [0.29, 0.717) is 6.42 Å². The quantitative estimate of drug-likeness (QED) is 0.342. The minimum absolute atomic E-state index is 0.188. The number of hydrogen-bond donors (Lipinski definition) is 2. The van der Waals surface area contributed by atoms with Gasteiger partial charge in [0.25, 0.3) is 0 Å². The van der Waals surface area contributed by atoms with Crippen LogP contribution in [-0.4, -0.2) is 22.2 Å². The molecule has 0 aliphatic heterocycles. The highest BCUT2D eigenvalue weighted by atomic mass is 16.4. The molecule has 0 bridgehead atoms. The molecule has 4 heteroatoms. The Bertz CT molecular complexity index is 453. The first kappa shape index (κ1) is 21.5. The summed E-state index contributed by atoms with van der Waals surface area (Å²) in [5, 5.41) is 18.0. The van der Waals surface area contributed by atoms with Gasteiger partial charge in [0.2, 0.25) is 0 Å². The van der Waals surface area contributed by atoms with Crippen LogP contribution < -0.4 is 0 Å². The summed E-state index contributed by atoms with van der Waals surface area (Å²) < 4.78 is 0. The predicted octanol–water partition coefficient (Wildman–Crippen LogP) is 5.44. The van der Waals surface area contributed by atoms with Gasteiger partial charge in [-0.05, 0) is 43.9 Å². The van der Waals surface area contributed by atoms with Crippen molar-refractivity contribution in [3.05, 3.63) is 24.3 Å². The van der Waals surface area contributed by atoms with E-state index in [-0.39, 0.29) is 24.2 Å². The van der Waals surface area contributed by atoms with E-state index in [1.165, 1.54) is 0 Å². The summed E-state index contributed by atoms with van der Waals surface area (Å²) >= 11 is 0. The summed E-state index contributed by atoms with van der Waals surface area (Å²) in [6.45, 7) is 2.14. The Hall–Kier alpha value is -1.58. The maximum atomic E-state index is 11.5. The molecule has 0 saturated carbocycles. The fraction of sp³-hybridized carbons (Fsp3) is 0.714. The number of carbonyl (C=O) groups is 2. The van der Waals surface area contributed by atoms with Gasteiger partial charge in [-0.2, -0.15) is 0 Å². The molecule has 3 atom stereocenters. The minimum Gasteiger partial charge on any atom is -0.481 e. The van der Waals surface area contributed by atoms with E-state index in [4.69, 9.17) is 5.11 Å². The first-order valence-corrected chi connectivity index (χ1v) is 9.84. The minimum atomic E-state index is -0.708. The van der Waals surface area contributed by atoms with Gasteiger partial charge in [-0.25, -0.2) is 0 Å². The summed E-state index contributed by atoms with van der Waals surface area (Å²) in [7, 11) is 0. The van der Waals surface area contributed by atoms with Crippen molar-refractivity contribution in [1.82, 2.24) is 0 Å². The zero-order chi connectivity index (χ0) is 18.5. The molecule has 0 aromatic heterocycles. The van der Waals surface area contributed by atoms with Crippen LogP contribution in [0.2, 0.25) is 0 Å². The lowest BCUT2D eigenvalue weighted by molar-refractivity contribution is -0.144. The Morgan fingerprint density at radius 3 is 2.44 bits per heavy atom. The zero-order valence-electron chi connectivity index (χ0n) is 15.5. The standard InChI is InChI=1S/C21H34O4/c1-2-3-12-18-15-14-17(16-19(18)21(24)25)11-9-7-5-4-6-8-10-13-20(22)23/h9,11,14-15,17-19H,2-8,10,12-13,16H2,1H3,(H,22,23)(H,24,25)/b11-9+. The van der Waals surface area contributed by atoms with Crippen molar-refractivity contribution in [2.75, 3.05) is 0 Å². The molecular weight excluding hydrogens is 316 g/mol. The van der Waals surface area contributed by atoms with Crippen molar-refractivity contribution >= 4 is 11.9 Å². The molecule has 1 aliphatic rings. The Morgan fingerprint density at radius 1 is 1.04 bits per heavy atom. The summed E-state index contributed by atoms with van der Waals surface area (Å²) in [5.74, 6) is -1.19. The van der Waals surface area contributed by atoms with Crippen LogP contribution in [0.3, 0.4) is 0 Å². The topological polar surface area (TPSA) is 74.6 Å². The van der Waals surface area contributed by atoms with Gasteiger partial charge in [0.15, 0.2) is 0 Å². The molecule has 2 N–H and O–H groups in total. The highest BCUT2D eigenvalue weighted by Gasteiger charge is 2.30. The summed E-state index contributed by atoms with van der Waals surface area (Å²) in [6, 6.07) is 0. The van der Waals surface area contributed by atoms with Crippen LogP contribution in [0.4, 0.5) is 0 Å². The Morgan fingerprint density at radius 2 is 1.76 bits per heavy atom. The van der Waals surface area contributed by atoms with Gasteiger partial charge in [-0.1, -0.05) is 63.3 Å². The first-order valence-electron chi connectivity index (χ1n) is 9.84. The van der Waals surface area contributed by atoms with E-state index in [9.17, 15) is 14.7 Å². The second kappa shape index (κ2) is 12.7. The highest BCUT2D eigenvalue weighted by Crippen LogP contribution is 2.32. The fourth-order valence-corrected chi connectivity index (χ4v) is 3.47. The maximum absolute atomic E-state index is 11.5. The number of unbranched alkanes of at least 4 members (excludes halogenated alkanes) is 6. The second-order valence-corrected chi connectivity index (χ2v) is 7.16. The molecule has 4 nitrogen and oxygen atoms in total. The Balaban J connectivity index is 2.24.